The summed E-state index contributed by atoms with van der Waals surface area (Å²) >= 11 is 0. The number of hydrogen-bond acceptors (Lipinski definition) is 4. The fourth-order valence-electron chi connectivity index (χ4n) is 1.66. The fraction of sp³-hybridized carbons (Fsp3) is 0.857. The van der Waals surface area contributed by atoms with Crippen LogP contribution >= 0.6 is 21.6 Å². The highest BCUT2D eigenvalue weighted by Crippen LogP contribution is 2.40. The number of aliphatic carboxylic acids is 2. The molecule has 0 aliphatic heterocycles. The van der Waals surface area contributed by atoms with Gasteiger partial charge in [-0.15, -0.1) is 0 Å². The Morgan fingerprint density at radius 1 is 0.800 bits per heavy atom. The number of hydrogen-bond donors (Lipinski definition) is 2. The molecule has 2 N–H and O–H groups in total. The van der Waals surface area contributed by atoms with Gasteiger partial charge in [-0.1, -0.05) is 49.3 Å². The van der Waals surface area contributed by atoms with Crippen LogP contribution in [0.4, 0.5) is 0 Å². The molecule has 4 nitrogen and oxygen atoms in total. The first-order valence-corrected chi connectivity index (χ1v) is 9.27. The molecule has 0 saturated carbocycles. The van der Waals surface area contributed by atoms with E-state index >= 15 is 0 Å². The van der Waals surface area contributed by atoms with Crippen LogP contribution < -0.4 is 0 Å². The van der Waals surface area contributed by atoms with Gasteiger partial charge in [0, 0.05) is 23.3 Å². The van der Waals surface area contributed by atoms with Crippen molar-refractivity contribution in [2.24, 2.45) is 11.8 Å². The summed E-state index contributed by atoms with van der Waals surface area (Å²) < 4.78 is 0. The molecule has 20 heavy (non-hydrogen) atoms. The van der Waals surface area contributed by atoms with E-state index in [1.54, 1.807) is 21.6 Å². The topological polar surface area (TPSA) is 74.6 Å². The highest BCUT2D eigenvalue weighted by Gasteiger charge is 2.21. The molecule has 0 aromatic rings. The van der Waals surface area contributed by atoms with Gasteiger partial charge in [-0.25, -0.2) is 0 Å². The minimum atomic E-state index is -0.757. The monoisotopic (exact) mass is 322 g/mol. The summed E-state index contributed by atoms with van der Waals surface area (Å²) in [5, 5.41) is 18.1. The summed E-state index contributed by atoms with van der Waals surface area (Å²) in [6.45, 7) is 8.40. The van der Waals surface area contributed by atoms with Crippen molar-refractivity contribution in [3.8, 4) is 0 Å². The highest BCUT2D eigenvalue weighted by atomic mass is 33.1. The van der Waals surface area contributed by atoms with Crippen molar-refractivity contribution < 1.29 is 19.8 Å². The Labute approximate surface area is 129 Å². The molecule has 2 atom stereocenters. The van der Waals surface area contributed by atoms with Gasteiger partial charge in [0.15, 0.2) is 0 Å². The molecule has 0 aromatic heterocycles. The van der Waals surface area contributed by atoms with Crippen LogP contribution in [-0.2, 0) is 9.59 Å². The third-order valence-electron chi connectivity index (χ3n) is 3.08. The zero-order valence-electron chi connectivity index (χ0n) is 12.7. The molecule has 0 amide bonds. The summed E-state index contributed by atoms with van der Waals surface area (Å²) in [6.07, 6.45) is 1.71. The molecule has 0 saturated heterocycles. The summed E-state index contributed by atoms with van der Waals surface area (Å²) in [5.41, 5.74) is 0. The maximum Gasteiger partial charge on any atom is 0.303 e. The van der Waals surface area contributed by atoms with E-state index in [0.717, 1.165) is 0 Å². The van der Waals surface area contributed by atoms with E-state index in [1.165, 1.54) is 0 Å². The second-order valence-electron chi connectivity index (χ2n) is 5.62. The van der Waals surface area contributed by atoms with Gasteiger partial charge in [-0.3, -0.25) is 9.59 Å². The number of carbonyl (C=O) groups is 2. The summed E-state index contributed by atoms with van der Waals surface area (Å²) in [6, 6.07) is 0. The Bertz CT molecular complexity index is 276. The molecule has 118 valence electrons. The summed E-state index contributed by atoms with van der Waals surface area (Å²) in [4.78, 5) is 21.3. The maximum atomic E-state index is 10.7. The van der Waals surface area contributed by atoms with E-state index in [4.69, 9.17) is 10.2 Å². The third kappa shape index (κ3) is 9.53. The smallest absolute Gasteiger partial charge is 0.303 e. The molecule has 0 radical (unpaired) electrons. The third-order valence-corrected chi connectivity index (χ3v) is 7.06. The molecule has 6 heteroatoms. The lowest BCUT2D eigenvalue weighted by atomic mass is 10.1. The van der Waals surface area contributed by atoms with Gasteiger partial charge in [0.25, 0.3) is 0 Å². The van der Waals surface area contributed by atoms with Crippen molar-refractivity contribution in [2.75, 3.05) is 0 Å². The van der Waals surface area contributed by atoms with Crippen LogP contribution in [0.3, 0.4) is 0 Å². The molecule has 0 aliphatic rings. The van der Waals surface area contributed by atoms with Crippen LogP contribution in [-0.4, -0.2) is 32.7 Å². The normalized spacial score (nSPS) is 14.5. The lowest BCUT2D eigenvalue weighted by Gasteiger charge is -2.24. The molecule has 0 heterocycles. The van der Waals surface area contributed by atoms with Crippen LogP contribution in [0, 0.1) is 11.8 Å². The van der Waals surface area contributed by atoms with Crippen LogP contribution in [0.5, 0.6) is 0 Å². The van der Waals surface area contributed by atoms with E-state index in [-0.39, 0.29) is 12.8 Å². The quantitative estimate of drug-likeness (QED) is 0.557. The minimum absolute atomic E-state index is 0.192. The standard InChI is InChI=1S/C14H26O4S2/c1-9(2)11(5-7-13(15)16)19-20-12(10(3)4)6-8-14(17)18/h9-12H,5-8H2,1-4H3,(H,15,16)(H,17,18). The number of rotatable bonds is 11. The van der Waals surface area contributed by atoms with Crippen molar-refractivity contribution in [3.63, 3.8) is 0 Å². The number of carboxylic acids is 2. The van der Waals surface area contributed by atoms with Gasteiger partial charge in [-0.05, 0) is 24.7 Å². The molecular formula is C14H26O4S2. The van der Waals surface area contributed by atoms with Crippen molar-refractivity contribution in [3.05, 3.63) is 0 Å². The predicted octanol–water partition coefficient (Wildman–Crippen LogP) is 4.15. The zero-order valence-corrected chi connectivity index (χ0v) is 14.3. The molecule has 0 bridgehead atoms. The molecule has 0 fully saturated rings. The molecular weight excluding hydrogens is 296 g/mol. The van der Waals surface area contributed by atoms with E-state index < -0.39 is 11.9 Å². The van der Waals surface area contributed by atoms with Gasteiger partial charge in [-0.2, -0.15) is 0 Å². The van der Waals surface area contributed by atoms with E-state index in [0.29, 0.717) is 35.2 Å². The average Bonchev–Trinajstić information content (AvgIpc) is 2.30. The van der Waals surface area contributed by atoms with Gasteiger partial charge in [0.05, 0.1) is 0 Å². The van der Waals surface area contributed by atoms with Gasteiger partial charge in [0.1, 0.15) is 0 Å². The Kier molecular flexibility index (Phi) is 10.2. The maximum absolute atomic E-state index is 10.7. The Balaban J connectivity index is 4.31. The first kappa shape index (κ1) is 19.6. The average molecular weight is 322 g/mol. The summed E-state index contributed by atoms with van der Waals surface area (Å²) in [5.74, 6) is -0.682. The van der Waals surface area contributed by atoms with Crippen LogP contribution in [0.1, 0.15) is 53.4 Å². The SMILES string of the molecule is CC(C)C(CCC(=O)O)SSC(CCC(=O)O)C(C)C. The van der Waals surface area contributed by atoms with E-state index in [9.17, 15) is 9.59 Å². The van der Waals surface area contributed by atoms with Crippen molar-refractivity contribution in [1.82, 2.24) is 0 Å². The molecule has 0 spiro atoms. The van der Waals surface area contributed by atoms with Crippen molar-refractivity contribution in [1.29, 1.82) is 0 Å². The van der Waals surface area contributed by atoms with Gasteiger partial charge >= 0.3 is 11.9 Å². The van der Waals surface area contributed by atoms with Crippen molar-refractivity contribution in [2.45, 2.75) is 63.9 Å². The second-order valence-corrected chi connectivity index (χ2v) is 8.37. The Morgan fingerprint density at radius 3 is 1.30 bits per heavy atom. The van der Waals surface area contributed by atoms with Crippen LogP contribution in [0.15, 0.2) is 0 Å². The van der Waals surface area contributed by atoms with Gasteiger partial charge < -0.3 is 10.2 Å². The second kappa shape index (κ2) is 10.4. The van der Waals surface area contributed by atoms with E-state index in [1.807, 2.05) is 0 Å². The van der Waals surface area contributed by atoms with Crippen LogP contribution in [0.2, 0.25) is 0 Å². The van der Waals surface area contributed by atoms with Crippen LogP contribution in [0.25, 0.3) is 0 Å². The first-order valence-electron chi connectivity index (χ1n) is 6.99. The molecule has 0 aromatic carbocycles. The van der Waals surface area contributed by atoms with Gasteiger partial charge in [0.2, 0.25) is 0 Å². The lowest BCUT2D eigenvalue weighted by Crippen LogP contribution is -2.16. The minimum Gasteiger partial charge on any atom is -0.481 e. The van der Waals surface area contributed by atoms with E-state index in [2.05, 4.69) is 27.7 Å². The number of carboxylic acid groups (broad SMARTS) is 2. The highest BCUT2D eigenvalue weighted by molar-refractivity contribution is 8.77. The zero-order chi connectivity index (χ0) is 15.7. The van der Waals surface area contributed by atoms with Crippen molar-refractivity contribution >= 4 is 33.5 Å². The molecule has 2 unspecified atom stereocenters. The summed E-state index contributed by atoms with van der Waals surface area (Å²) in [7, 11) is 3.44. The first-order chi connectivity index (χ1) is 9.23. The molecule has 0 rings (SSSR count). The Hall–Kier alpha value is -0.360. The molecule has 0 aliphatic carbocycles. The largest absolute Gasteiger partial charge is 0.481 e. The predicted molar refractivity (Wildman–Crippen MR) is 86.2 cm³/mol. The lowest BCUT2D eigenvalue weighted by molar-refractivity contribution is -0.138. The fourth-order valence-corrected chi connectivity index (χ4v) is 5.58. The Morgan fingerprint density at radius 2 is 1.10 bits per heavy atom.